The molecule has 0 heterocycles. The van der Waals surface area contributed by atoms with E-state index in [0.29, 0.717) is 0 Å². The van der Waals surface area contributed by atoms with Gasteiger partial charge >= 0.3 is 5.97 Å². The van der Waals surface area contributed by atoms with Gasteiger partial charge in [0.15, 0.2) is 5.56 Å². The van der Waals surface area contributed by atoms with E-state index in [2.05, 4.69) is 0 Å². The van der Waals surface area contributed by atoms with Crippen molar-refractivity contribution in [3.63, 3.8) is 0 Å². The Morgan fingerprint density at radius 2 is 2.11 bits per heavy atom. The van der Waals surface area contributed by atoms with E-state index in [9.17, 15) is 20.0 Å². The maximum Gasteiger partial charge on any atom is 0.346 e. The van der Waals surface area contributed by atoms with Crippen molar-refractivity contribution in [2.45, 2.75) is 25.9 Å². The third kappa shape index (κ3) is 4.22. The van der Waals surface area contributed by atoms with Gasteiger partial charge in [0, 0.05) is 12.5 Å². The maximum atomic E-state index is 11.1. The van der Waals surface area contributed by atoms with E-state index in [1.165, 1.54) is 12.1 Å². The standard InChI is InChI=1S/C12H15NO6/c1-12(2,16)6-7-19-9-5-3-4-8(13(17)18)10(9)11(14)15/h3-5,16H,6-7H2,1-2H3,(H,14,15). The fraction of sp³-hybridized carbons (Fsp3) is 0.417. The molecule has 0 aliphatic rings. The van der Waals surface area contributed by atoms with Crippen LogP contribution in [-0.2, 0) is 0 Å². The summed E-state index contributed by atoms with van der Waals surface area (Å²) in [5.41, 5.74) is -1.96. The SMILES string of the molecule is CC(C)(O)CCOc1cccc([N+](=O)[O-])c1C(=O)O. The van der Waals surface area contributed by atoms with E-state index in [1.54, 1.807) is 13.8 Å². The van der Waals surface area contributed by atoms with E-state index in [-0.39, 0.29) is 18.8 Å². The van der Waals surface area contributed by atoms with E-state index < -0.39 is 27.7 Å². The van der Waals surface area contributed by atoms with Crippen molar-refractivity contribution < 1.29 is 24.7 Å². The molecule has 0 fully saturated rings. The lowest BCUT2D eigenvalue weighted by Crippen LogP contribution is -2.22. The summed E-state index contributed by atoms with van der Waals surface area (Å²) in [6.45, 7) is 3.23. The number of carbonyl (C=O) groups is 1. The van der Waals surface area contributed by atoms with Crippen LogP contribution in [0.4, 0.5) is 5.69 Å². The molecule has 19 heavy (non-hydrogen) atoms. The molecule has 7 heteroatoms. The van der Waals surface area contributed by atoms with Gasteiger partial charge in [-0.1, -0.05) is 6.07 Å². The molecule has 0 amide bonds. The zero-order valence-corrected chi connectivity index (χ0v) is 10.6. The molecule has 2 N–H and O–H groups in total. The molecule has 0 radical (unpaired) electrons. The first-order chi connectivity index (χ1) is 8.72. The van der Waals surface area contributed by atoms with Crippen LogP contribution in [0.25, 0.3) is 0 Å². The highest BCUT2D eigenvalue weighted by Gasteiger charge is 2.25. The maximum absolute atomic E-state index is 11.1. The highest BCUT2D eigenvalue weighted by Crippen LogP contribution is 2.28. The van der Waals surface area contributed by atoms with Crippen LogP contribution in [0.1, 0.15) is 30.6 Å². The summed E-state index contributed by atoms with van der Waals surface area (Å²) in [5, 5.41) is 29.3. The monoisotopic (exact) mass is 269 g/mol. The number of carboxylic acids is 1. The van der Waals surface area contributed by atoms with Crippen LogP contribution in [0.5, 0.6) is 5.75 Å². The van der Waals surface area contributed by atoms with Crippen molar-refractivity contribution in [3.8, 4) is 5.75 Å². The van der Waals surface area contributed by atoms with Gasteiger partial charge < -0.3 is 14.9 Å². The van der Waals surface area contributed by atoms with Crippen LogP contribution in [0.3, 0.4) is 0 Å². The van der Waals surface area contributed by atoms with Crippen LogP contribution in [0.2, 0.25) is 0 Å². The Morgan fingerprint density at radius 3 is 2.58 bits per heavy atom. The second kappa shape index (κ2) is 5.66. The van der Waals surface area contributed by atoms with Gasteiger partial charge in [0.1, 0.15) is 5.75 Å². The minimum Gasteiger partial charge on any atom is -0.492 e. The number of ether oxygens (including phenoxy) is 1. The minimum atomic E-state index is -1.43. The fourth-order valence-electron chi connectivity index (χ4n) is 1.42. The molecular formula is C12H15NO6. The molecule has 0 aliphatic heterocycles. The van der Waals surface area contributed by atoms with E-state index in [1.807, 2.05) is 0 Å². The lowest BCUT2D eigenvalue weighted by atomic mass is 10.1. The number of aliphatic hydroxyl groups is 1. The third-order valence-corrected chi connectivity index (χ3v) is 2.39. The molecule has 0 aliphatic carbocycles. The molecular weight excluding hydrogens is 254 g/mol. The van der Waals surface area contributed by atoms with Crippen molar-refractivity contribution in [2.24, 2.45) is 0 Å². The summed E-state index contributed by atoms with van der Waals surface area (Å²) < 4.78 is 5.22. The van der Waals surface area contributed by atoms with Gasteiger partial charge in [0.25, 0.3) is 5.69 Å². The highest BCUT2D eigenvalue weighted by atomic mass is 16.6. The number of nitro groups is 1. The zero-order chi connectivity index (χ0) is 14.6. The number of hydrogen-bond acceptors (Lipinski definition) is 5. The summed E-state index contributed by atoms with van der Waals surface area (Å²) in [7, 11) is 0. The summed E-state index contributed by atoms with van der Waals surface area (Å²) >= 11 is 0. The Hall–Kier alpha value is -2.15. The largest absolute Gasteiger partial charge is 0.492 e. The second-order valence-electron chi connectivity index (χ2n) is 4.62. The lowest BCUT2D eigenvalue weighted by Gasteiger charge is -2.17. The number of hydrogen-bond donors (Lipinski definition) is 2. The average molecular weight is 269 g/mol. The van der Waals surface area contributed by atoms with Crippen LogP contribution >= 0.6 is 0 Å². The number of benzene rings is 1. The summed E-state index contributed by atoms with van der Waals surface area (Å²) in [6, 6.07) is 3.80. The molecule has 104 valence electrons. The Balaban J connectivity index is 2.98. The van der Waals surface area contributed by atoms with Crippen LogP contribution in [-0.4, -0.2) is 33.3 Å². The van der Waals surface area contributed by atoms with Gasteiger partial charge in [-0.3, -0.25) is 10.1 Å². The second-order valence-corrected chi connectivity index (χ2v) is 4.62. The van der Waals surface area contributed by atoms with Crippen molar-refractivity contribution in [3.05, 3.63) is 33.9 Å². The number of nitro benzene ring substituents is 1. The average Bonchev–Trinajstić information content (AvgIpc) is 2.26. The molecule has 0 aromatic heterocycles. The normalized spacial score (nSPS) is 11.1. The molecule has 1 aromatic rings. The number of carboxylic acid groups (broad SMARTS) is 1. The first-order valence-corrected chi connectivity index (χ1v) is 5.58. The molecule has 1 aromatic carbocycles. The molecule has 7 nitrogen and oxygen atoms in total. The Morgan fingerprint density at radius 1 is 1.47 bits per heavy atom. The predicted octanol–water partition coefficient (Wildman–Crippen LogP) is 1.83. The van der Waals surface area contributed by atoms with Gasteiger partial charge in [-0.2, -0.15) is 0 Å². The van der Waals surface area contributed by atoms with Crippen LogP contribution < -0.4 is 4.74 Å². The third-order valence-electron chi connectivity index (χ3n) is 2.39. The van der Waals surface area contributed by atoms with E-state index >= 15 is 0 Å². The first-order valence-electron chi connectivity index (χ1n) is 5.58. The predicted molar refractivity (Wildman–Crippen MR) is 66.5 cm³/mol. The Kier molecular flexibility index (Phi) is 4.44. The minimum absolute atomic E-state index is 0.0605. The Labute approximate surface area is 109 Å². The molecule has 0 atom stereocenters. The molecule has 1 rings (SSSR count). The van der Waals surface area contributed by atoms with E-state index in [4.69, 9.17) is 9.84 Å². The van der Waals surface area contributed by atoms with Gasteiger partial charge in [-0.25, -0.2) is 4.79 Å². The summed E-state index contributed by atoms with van der Waals surface area (Å²) in [4.78, 5) is 21.1. The molecule has 0 bridgehead atoms. The highest BCUT2D eigenvalue weighted by molar-refractivity contribution is 5.95. The first kappa shape index (κ1) is 14.9. The van der Waals surface area contributed by atoms with Crippen molar-refractivity contribution in [1.82, 2.24) is 0 Å². The van der Waals surface area contributed by atoms with E-state index in [0.717, 1.165) is 6.07 Å². The van der Waals surface area contributed by atoms with Crippen molar-refractivity contribution in [2.75, 3.05) is 6.61 Å². The van der Waals surface area contributed by atoms with Crippen molar-refractivity contribution in [1.29, 1.82) is 0 Å². The molecule has 0 spiro atoms. The zero-order valence-electron chi connectivity index (χ0n) is 10.6. The van der Waals surface area contributed by atoms with Gasteiger partial charge in [0.05, 0.1) is 17.1 Å². The van der Waals surface area contributed by atoms with Gasteiger partial charge in [-0.05, 0) is 19.9 Å². The quantitative estimate of drug-likeness (QED) is 0.602. The van der Waals surface area contributed by atoms with Crippen molar-refractivity contribution >= 4 is 11.7 Å². The number of aromatic carboxylic acids is 1. The topological polar surface area (TPSA) is 110 Å². The fourth-order valence-corrected chi connectivity index (χ4v) is 1.42. The Bertz CT molecular complexity index is 491. The smallest absolute Gasteiger partial charge is 0.346 e. The van der Waals surface area contributed by atoms with Crippen LogP contribution in [0.15, 0.2) is 18.2 Å². The number of nitrogens with zero attached hydrogens (tertiary/aromatic N) is 1. The number of rotatable bonds is 6. The summed E-state index contributed by atoms with van der Waals surface area (Å²) in [6.07, 6.45) is 0.273. The van der Waals surface area contributed by atoms with Gasteiger partial charge in [-0.15, -0.1) is 0 Å². The van der Waals surface area contributed by atoms with Crippen LogP contribution in [0, 0.1) is 10.1 Å². The lowest BCUT2D eigenvalue weighted by molar-refractivity contribution is -0.385. The summed E-state index contributed by atoms with van der Waals surface area (Å²) in [5.74, 6) is -1.50. The van der Waals surface area contributed by atoms with Gasteiger partial charge in [0.2, 0.25) is 0 Å². The molecule has 0 unspecified atom stereocenters. The molecule has 0 saturated heterocycles. The molecule has 0 saturated carbocycles.